The summed E-state index contributed by atoms with van der Waals surface area (Å²) >= 11 is 12.9. The van der Waals surface area contributed by atoms with Crippen LogP contribution in [-0.4, -0.2) is 52.8 Å². The molecule has 10 heteroatoms. The third kappa shape index (κ3) is 12.4. The van der Waals surface area contributed by atoms with Crippen molar-refractivity contribution in [3.63, 3.8) is 0 Å². The molecular formula is C34H45Cl2N3O4S. The predicted octanol–water partition coefficient (Wildman–Crippen LogP) is 9.55. The molecule has 0 saturated carbocycles. The van der Waals surface area contributed by atoms with Crippen LogP contribution in [0.15, 0.2) is 54.6 Å². The van der Waals surface area contributed by atoms with E-state index in [1.807, 2.05) is 56.3 Å². The van der Waals surface area contributed by atoms with Crippen LogP contribution >= 0.6 is 35.0 Å². The van der Waals surface area contributed by atoms with Crippen molar-refractivity contribution in [3.8, 4) is 17.0 Å². The molecule has 0 aliphatic rings. The Morgan fingerprint density at radius 2 is 1.68 bits per heavy atom. The molecule has 1 heterocycles. The van der Waals surface area contributed by atoms with E-state index in [1.165, 1.54) is 43.5 Å². The Hall–Kier alpha value is -2.65. The van der Waals surface area contributed by atoms with Gasteiger partial charge in [-0.1, -0.05) is 106 Å². The number of alkyl halides is 1. The fraction of sp³-hybridized carbons (Fsp3) is 0.471. The van der Waals surface area contributed by atoms with Crippen LogP contribution in [0.1, 0.15) is 70.4 Å². The first-order valence-corrected chi connectivity index (χ1v) is 17.1. The Bertz CT molecular complexity index is 1300. The molecule has 3 aromatic rings. The fourth-order valence-corrected chi connectivity index (χ4v) is 5.63. The van der Waals surface area contributed by atoms with Gasteiger partial charge in [0, 0.05) is 24.5 Å². The molecule has 3 rings (SSSR count). The third-order valence-corrected chi connectivity index (χ3v) is 8.09. The standard InChI is InChI=1S/C19H23ClN2O2S.C15H22ClNO2/c1-2-3-4-5-6-10-13-25-19(23)24-16-14-17(20)21-22-18(16)15-11-8-7-9-12-15;1-5-13-8-6-7-11(2)15(13)17(14(18)9-16)12(3)10-19-4/h7-9,11-12,14H,2-6,10,13H2,1H3;6-8,12H,5,9-10H2,1-4H3. The molecule has 0 saturated heterocycles. The van der Waals surface area contributed by atoms with E-state index in [2.05, 4.69) is 30.1 Å². The van der Waals surface area contributed by atoms with E-state index in [0.717, 1.165) is 47.4 Å². The second kappa shape index (κ2) is 21.2. The quantitative estimate of drug-likeness (QED) is 0.0911. The summed E-state index contributed by atoms with van der Waals surface area (Å²) in [6.45, 7) is 8.76. The third-order valence-electron chi connectivity index (χ3n) is 6.86. The Kier molecular flexibility index (Phi) is 18.0. The molecule has 0 aliphatic carbocycles. The maximum atomic E-state index is 12.2. The van der Waals surface area contributed by atoms with Gasteiger partial charge in [0.05, 0.1) is 18.3 Å². The van der Waals surface area contributed by atoms with Crippen molar-refractivity contribution in [3.05, 3.63) is 70.9 Å². The number of halogens is 2. The number of ether oxygens (including phenoxy) is 2. The van der Waals surface area contributed by atoms with Crippen molar-refractivity contribution in [2.45, 2.75) is 78.7 Å². The van der Waals surface area contributed by atoms with Gasteiger partial charge in [0.2, 0.25) is 5.91 Å². The number of anilines is 1. The predicted molar refractivity (Wildman–Crippen MR) is 184 cm³/mol. The number of aromatic nitrogens is 2. The molecule has 0 aliphatic heterocycles. The molecule has 0 radical (unpaired) electrons. The van der Waals surface area contributed by atoms with Gasteiger partial charge in [0.1, 0.15) is 11.6 Å². The van der Waals surface area contributed by atoms with Gasteiger partial charge in [-0.3, -0.25) is 4.79 Å². The summed E-state index contributed by atoms with van der Waals surface area (Å²) in [5.74, 6) is 0.991. The Balaban J connectivity index is 0.000000319. The van der Waals surface area contributed by atoms with Crippen LogP contribution in [0.5, 0.6) is 5.75 Å². The molecule has 7 nitrogen and oxygen atoms in total. The van der Waals surface area contributed by atoms with Gasteiger partial charge in [-0.05, 0) is 49.6 Å². The number of amides is 1. The second-order valence-corrected chi connectivity index (χ2v) is 12.0. The maximum absolute atomic E-state index is 12.2. The smallest absolute Gasteiger partial charge is 0.372 e. The van der Waals surface area contributed by atoms with Crippen molar-refractivity contribution in [2.75, 3.05) is 30.2 Å². The highest BCUT2D eigenvalue weighted by Crippen LogP contribution is 2.30. The van der Waals surface area contributed by atoms with E-state index in [1.54, 1.807) is 12.0 Å². The summed E-state index contributed by atoms with van der Waals surface area (Å²) < 4.78 is 10.6. The van der Waals surface area contributed by atoms with Crippen LogP contribution in [0.3, 0.4) is 0 Å². The normalized spacial score (nSPS) is 11.3. The van der Waals surface area contributed by atoms with Gasteiger partial charge in [-0.25, -0.2) is 4.79 Å². The van der Waals surface area contributed by atoms with E-state index < -0.39 is 0 Å². The number of aryl methyl sites for hydroxylation is 2. The molecule has 0 spiro atoms. The number of methoxy groups -OCH3 is 1. The van der Waals surface area contributed by atoms with E-state index in [-0.39, 0.29) is 28.3 Å². The zero-order chi connectivity index (χ0) is 32.3. The van der Waals surface area contributed by atoms with Crippen molar-refractivity contribution in [2.24, 2.45) is 0 Å². The molecule has 1 unspecified atom stereocenters. The van der Waals surface area contributed by atoms with Crippen LogP contribution in [0, 0.1) is 6.92 Å². The number of benzene rings is 2. The summed E-state index contributed by atoms with van der Waals surface area (Å²) in [6, 6.07) is 17.0. The number of thioether (sulfide) groups is 1. The monoisotopic (exact) mass is 661 g/mol. The number of carbonyl (C=O) groups excluding carboxylic acids is 2. The number of carbonyl (C=O) groups is 2. The highest BCUT2D eigenvalue weighted by molar-refractivity contribution is 8.13. The zero-order valence-corrected chi connectivity index (χ0v) is 28.8. The van der Waals surface area contributed by atoms with Crippen molar-refractivity contribution >= 4 is 51.9 Å². The molecule has 0 fully saturated rings. The summed E-state index contributed by atoms with van der Waals surface area (Å²) in [5, 5.41) is 7.78. The maximum Gasteiger partial charge on any atom is 0.372 e. The molecule has 240 valence electrons. The molecular weight excluding hydrogens is 617 g/mol. The summed E-state index contributed by atoms with van der Waals surface area (Å²) in [5.41, 5.74) is 4.55. The minimum absolute atomic E-state index is 0.0223. The number of hydrogen-bond donors (Lipinski definition) is 0. The van der Waals surface area contributed by atoms with Crippen molar-refractivity contribution in [1.29, 1.82) is 0 Å². The lowest BCUT2D eigenvalue weighted by Gasteiger charge is -2.31. The van der Waals surface area contributed by atoms with E-state index >= 15 is 0 Å². The average Bonchev–Trinajstić information content (AvgIpc) is 3.02. The van der Waals surface area contributed by atoms with Crippen LogP contribution in [0.2, 0.25) is 5.15 Å². The topological polar surface area (TPSA) is 81.6 Å². The minimum atomic E-state index is -0.338. The SMILES string of the molecule is CCCCCCCCSC(=O)Oc1cc(Cl)nnc1-c1ccccc1.CCc1cccc(C)c1N(C(=O)CCl)C(C)COC. The van der Waals surface area contributed by atoms with E-state index in [4.69, 9.17) is 32.7 Å². The van der Waals surface area contributed by atoms with Crippen LogP contribution in [-0.2, 0) is 16.0 Å². The molecule has 1 amide bonds. The highest BCUT2D eigenvalue weighted by atomic mass is 35.5. The van der Waals surface area contributed by atoms with Gasteiger partial charge in [0.25, 0.3) is 0 Å². The number of nitrogens with zero attached hydrogens (tertiary/aromatic N) is 3. The molecule has 0 N–H and O–H groups in total. The number of unbranched alkanes of at least 4 members (excludes halogenated alkanes) is 5. The Morgan fingerprint density at radius 3 is 2.34 bits per heavy atom. The van der Waals surface area contributed by atoms with E-state index in [0.29, 0.717) is 18.1 Å². The molecule has 1 aromatic heterocycles. The number of para-hydroxylation sites is 1. The Morgan fingerprint density at radius 1 is 0.977 bits per heavy atom. The van der Waals surface area contributed by atoms with Gasteiger partial charge in [0.15, 0.2) is 10.9 Å². The van der Waals surface area contributed by atoms with Crippen molar-refractivity contribution in [1.82, 2.24) is 10.2 Å². The van der Waals surface area contributed by atoms with Crippen molar-refractivity contribution < 1.29 is 19.1 Å². The van der Waals surface area contributed by atoms with Gasteiger partial charge < -0.3 is 14.4 Å². The van der Waals surface area contributed by atoms with Gasteiger partial charge >= 0.3 is 5.30 Å². The molecule has 1 atom stereocenters. The lowest BCUT2D eigenvalue weighted by molar-refractivity contribution is -0.116. The molecule has 2 aromatic carbocycles. The summed E-state index contributed by atoms with van der Waals surface area (Å²) in [4.78, 5) is 26.0. The zero-order valence-electron chi connectivity index (χ0n) is 26.5. The average molecular weight is 663 g/mol. The first-order valence-electron chi connectivity index (χ1n) is 15.2. The van der Waals surface area contributed by atoms with E-state index in [9.17, 15) is 9.59 Å². The number of hydrogen-bond acceptors (Lipinski definition) is 7. The fourth-order valence-electron chi connectivity index (χ4n) is 4.70. The lowest BCUT2D eigenvalue weighted by Crippen LogP contribution is -2.43. The van der Waals surface area contributed by atoms with Gasteiger partial charge in [-0.15, -0.1) is 21.8 Å². The molecule has 0 bridgehead atoms. The molecule has 44 heavy (non-hydrogen) atoms. The summed E-state index contributed by atoms with van der Waals surface area (Å²) in [6.07, 6.45) is 8.07. The lowest BCUT2D eigenvalue weighted by atomic mass is 10.0. The summed E-state index contributed by atoms with van der Waals surface area (Å²) in [7, 11) is 1.64. The van der Waals surface area contributed by atoms with Crippen LogP contribution < -0.4 is 9.64 Å². The van der Waals surface area contributed by atoms with Gasteiger partial charge in [-0.2, -0.15) is 0 Å². The minimum Gasteiger partial charge on any atom is -0.416 e. The second-order valence-electron chi connectivity index (χ2n) is 10.4. The first-order chi connectivity index (χ1) is 21.3. The van der Waals surface area contributed by atoms with Crippen LogP contribution in [0.4, 0.5) is 10.5 Å². The largest absolute Gasteiger partial charge is 0.416 e. The highest BCUT2D eigenvalue weighted by Gasteiger charge is 2.24. The number of rotatable bonds is 15. The van der Waals surface area contributed by atoms with Crippen LogP contribution in [0.25, 0.3) is 11.3 Å². The first kappa shape index (κ1) is 37.5. The Labute approximate surface area is 277 Å².